The molecule has 3 atom stereocenters. The number of hydrogen-bond acceptors (Lipinski definition) is 4. The van der Waals surface area contributed by atoms with Crippen LogP contribution in [0.15, 0.2) is 42.6 Å². The molecule has 2 aliphatic rings. The molecule has 0 aliphatic carbocycles. The quantitative estimate of drug-likeness (QED) is 0.596. The maximum absolute atomic E-state index is 13.4. The Morgan fingerprint density at radius 3 is 2.42 bits per heavy atom. The van der Waals surface area contributed by atoms with Crippen molar-refractivity contribution in [3.8, 4) is 11.3 Å². The number of ether oxygens (including phenoxy) is 1. The zero-order chi connectivity index (χ0) is 22.2. The zero-order valence-electron chi connectivity index (χ0n) is 18.3. The number of piperidine rings is 1. The first-order chi connectivity index (χ1) is 14.7. The van der Waals surface area contributed by atoms with Gasteiger partial charge in [0, 0.05) is 35.8 Å². The lowest BCUT2D eigenvalue weighted by Crippen LogP contribution is -2.48. The van der Waals surface area contributed by atoms with Crippen LogP contribution in [0.4, 0.5) is 9.18 Å². The van der Waals surface area contributed by atoms with E-state index in [1.165, 1.54) is 12.1 Å². The molecule has 2 fully saturated rings. The van der Waals surface area contributed by atoms with Gasteiger partial charge in [-0.05, 0) is 76.6 Å². The maximum atomic E-state index is 13.4. The normalized spacial score (nSPS) is 23.0. The van der Waals surface area contributed by atoms with Gasteiger partial charge in [-0.15, -0.1) is 0 Å². The van der Waals surface area contributed by atoms with Crippen molar-refractivity contribution in [2.45, 2.75) is 70.6 Å². The lowest BCUT2D eigenvalue weighted by atomic mass is 9.86. The molecule has 0 saturated carbocycles. The number of benzene rings is 1. The Balaban J connectivity index is 1.37. The van der Waals surface area contributed by atoms with Crippen molar-refractivity contribution in [3.05, 3.63) is 54.0 Å². The fourth-order valence-corrected chi connectivity index (χ4v) is 4.83. The molecular weight excluding hydrogens is 395 g/mol. The summed E-state index contributed by atoms with van der Waals surface area (Å²) in [5.41, 5.74) is 1.39. The van der Waals surface area contributed by atoms with Gasteiger partial charge < -0.3 is 9.64 Å². The van der Waals surface area contributed by atoms with Gasteiger partial charge in [0.05, 0.1) is 5.69 Å². The van der Waals surface area contributed by atoms with Gasteiger partial charge >= 0.3 is 6.09 Å². The molecule has 0 radical (unpaired) electrons. The van der Waals surface area contributed by atoms with Crippen molar-refractivity contribution < 1.29 is 18.7 Å². The SMILES string of the molecule is CC(C)(C)OC(=O)N1[C@@H]2CC[C@H]1CC(CC(=O)c1ccc(-c3cccc(F)c3)nc1)C2. The van der Waals surface area contributed by atoms with E-state index in [9.17, 15) is 14.0 Å². The molecule has 2 aromatic rings. The van der Waals surface area contributed by atoms with E-state index in [1.807, 2.05) is 25.7 Å². The van der Waals surface area contributed by atoms with Gasteiger partial charge in [-0.2, -0.15) is 0 Å². The number of Topliss-reactive ketones (excluding diaryl/α,β-unsaturated/α-hetero) is 1. The van der Waals surface area contributed by atoms with E-state index in [0.29, 0.717) is 23.2 Å². The van der Waals surface area contributed by atoms with Gasteiger partial charge in [0.15, 0.2) is 5.78 Å². The standard InChI is InChI=1S/C25H29FN2O3/c1-25(2,3)31-24(30)28-20-8-9-21(28)12-16(11-20)13-23(29)18-7-10-22(27-15-18)17-5-4-6-19(26)14-17/h4-7,10,14-16,20-21H,8-9,11-13H2,1-3H3/t16?,20-,21+. The van der Waals surface area contributed by atoms with Crippen LogP contribution in [0.3, 0.4) is 0 Å². The van der Waals surface area contributed by atoms with Gasteiger partial charge in [-0.25, -0.2) is 9.18 Å². The summed E-state index contributed by atoms with van der Waals surface area (Å²) >= 11 is 0. The smallest absolute Gasteiger partial charge is 0.410 e. The Morgan fingerprint density at radius 2 is 1.84 bits per heavy atom. The first kappa shape index (κ1) is 21.5. The minimum atomic E-state index is -0.506. The topological polar surface area (TPSA) is 59.5 Å². The lowest BCUT2D eigenvalue weighted by Gasteiger charge is -2.39. The molecule has 0 spiro atoms. The van der Waals surface area contributed by atoms with Gasteiger partial charge in [-0.3, -0.25) is 9.78 Å². The minimum Gasteiger partial charge on any atom is -0.444 e. The van der Waals surface area contributed by atoms with Crippen molar-refractivity contribution in [1.29, 1.82) is 0 Å². The van der Waals surface area contributed by atoms with Crippen molar-refractivity contribution in [1.82, 2.24) is 9.88 Å². The molecule has 3 heterocycles. The molecule has 5 nitrogen and oxygen atoms in total. The molecule has 0 N–H and O–H groups in total. The van der Waals surface area contributed by atoms with Crippen LogP contribution in [0.25, 0.3) is 11.3 Å². The molecule has 2 saturated heterocycles. The fraction of sp³-hybridized carbons (Fsp3) is 0.480. The number of amides is 1. The van der Waals surface area contributed by atoms with E-state index in [1.54, 1.807) is 30.5 Å². The summed E-state index contributed by atoms with van der Waals surface area (Å²) in [7, 11) is 0. The van der Waals surface area contributed by atoms with Gasteiger partial charge in [0.2, 0.25) is 0 Å². The van der Waals surface area contributed by atoms with Crippen molar-refractivity contribution in [2.24, 2.45) is 5.92 Å². The number of nitrogens with zero attached hydrogens (tertiary/aromatic N) is 2. The van der Waals surface area contributed by atoms with E-state index in [-0.39, 0.29) is 35.7 Å². The molecule has 1 amide bonds. The molecular formula is C25H29FN2O3. The third kappa shape index (κ3) is 4.94. The second-order valence-electron chi connectivity index (χ2n) is 9.68. The molecule has 31 heavy (non-hydrogen) atoms. The molecule has 4 rings (SSSR count). The van der Waals surface area contributed by atoms with Crippen molar-refractivity contribution in [2.75, 3.05) is 0 Å². The molecule has 2 aliphatic heterocycles. The molecule has 6 heteroatoms. The number of hydrogen-bond donors (Lipinski definition) is 0. The Labute approximate surface area is 182 Å². The van der Waals surface area contributed by atoms with Crippen LogP contribution < -0.4 is 0 Å². The number of carbonyl (C=O) groups is 2. The predicted molar refractivity (Wildman–Crippen MR) is 116 cm³/mol. The average Bonchev–Trinajstić information content (AvgIpc) is 2.98. The van der Waals surface area contributed by atoms with E-state index in [0.717, 1.165) is 25.7 Å². The minimum absolute atomic E-state index is 0.0633. The van der Waals surface area contributed by atoms with Crippen LogP contribution in [-0.4, -0.2) is 39.4 Å². The third-order valence-corrected chi connectivity index (χ3v) is 6.11. The van der Waals surface area contributed by atoms with E-state index in [4.69, 9.17) is 4.74 Å². The zero-order valence-corrected chi connectivity index (χ0v) is 18.3. The summed E-state index contributed by atoms with van der Waals surface area (Å²) in [5, 5.41) is 0. The highest BCUT2D eigenvalue weighted by Crippen LogP contribution is 2.41. The molecule has 164 valence electrons. The molecule has 2 bridgehead atoms. The maximum Gasteiger partial charge on any atom is 0.410 e. The molecule has 1 aromatic heterocycles. The first-order valence-corrected chi connectivity index (χ1v) is 11.0. The second kappa shape index (κ2) is 8.40. The number of rotatable bonds is 4. The molecule has 1 unspecified atom stereocenters. The number of aromatic nitrogens is 1. The van der Waals surface area contributed by atoms with E-state index >= 15 is 0 Å². The highest BCUT2D eigenvalue weighted by Gasteiger charge is 2.45. The molecule has 1 aromatic carbocycles. The monoisotopic (exact) mass is 424 g/mol. The van der Waals surface area contributed by atoms with E-state index in [2.05, 4.69) is 4.98 Å². The Hall–Kier alpha value is -2.76. The summed E-state index contributed by atoms with van der Waals surface area (Å²) in [6.45, 7) is 5.64. The number of halogens is 1. The van der Waals surface area contributed by atoms with Crippen LogP contribution in [0, 0.1) is 11.7 Å². The fourth-order valence-electron chi connectivity index (χ4n) is 4.83. The first-order valence-electron chi connectivity index (χ1n) is 11.0. The van der Waals surface area contributed by atoms with Gasteiger partial charge in [0.1, 0.15) is 11.4 Å². The van der Waals surface area contributed by atoms with Crippen LogP contribution >= 0.6 is 0 Å². The lowest BCUT2D eigenvalue weighted by molar-refractivity contribution is 0.00203. The second-order valence-corrected chi connectivity index (χ2v) is 9.68. The summed E-state index contributed by atoms with van der Waals surface area (Å²) in [4.78, 5) is 31.7. The number of pyridine rings is 1. The number of fused-ring (bicyclic) bond motifs is 2. The Kier molecular flexibility index (Phi) is 5.82. The average molecular weight is 425 g/mol. The van der Waals surface area contributed by atoms with Crippen LogP contribution in [0.2, 0.25) is 0 Å². The Bertz CT molecular complexity index is 953. The van der Waals surface area contributed by atoms with Gasteiger partial charge in [0.25, 0.3) is 0 Å². The largest absolute Gasteiger partial charge is 0.444 e. The third-order valence-electron chi connectivity index (χ3n) is 6.11. The van der Waals surface area contributed by atoms with Gasteiger partial charge in [-0.1, -0.05) is 12.1 Å². The summed E-state index contributed by atoms with van der Waals surface area (Å²) in [5.74, 6) is 0.00630. The highest BCUT2D eigenvalue weighted by atomic mass is 19.1. The summed E-state index contributed by atoms with van der Waals surface area (Å²) in [6, 6.07) is 10.1. The van der Waals surface area contributed by atoms with Crippen molar-refractivity contribution in [3.63, 3.8) is 0 Å². The summed E-state index contributed by atoms with van der Waals surface area (Å²) < 4.78 is 19.0. The number of ketones is 1. The Morgan fingerprint density at radius 1 is 1.13 bits per heavy atom. The predicted octanol–water partition coefficient (Wildman–Crippen LogP) is 5.64. The van der Waals surface area contributed by atoms with Crippen molar-refractivity contribution >= 4 is 11.9 Å². The van der Waals surface area contributed by atoms with Crippen LogP contribution in [-0.2, 0) is 4.74 Å². The van der Waals surface area contributed by atoms with Crippen LogP contribution in [0.1, 0.15) is 63.2 Å². The highest BCUT2D eigenvalue weighted by molar-refractivity contribution is 5.96. The number of carbonyl (C=O) groups excluding carboxylic acids is 2. The van der Waals surface area contributed by atoms with Crippen LogP contribution in [0.5, 0.6) is 0 Å². The van der Waals surface area contributed by atoms with E-state index < -0.39 is 5.60 Å². The summed E-state index contributed by atoms with van der Waals surface area (Å²) in [6.07, 6.45) is 5.40.